The summed E-state index contributed by atoms with van der Waals surface area (Å²) in [6, 6.07) is 9.80. The van der Waals surface area contributed by atoms with Gasteiger partial charge in [0.15, 0.2) is 0 Å². The molecule has 0 amide bonds. The van der Waals surface area contributed by atoms with Crippen LogP contribution in [-0.2, 0) is 0 Å². The van der Waals surface area contributed by atoms with Crippen LogP contribution in [0, 0.1) is 3.57 Å². The molecular weight excluding hydrogens is 341 g/mol. The molecule has 2 rings (SSSR count). The number of hydrogen-bond donors (Lipinski definition) is 1. The van der Waals surface area contributed by atoms with Gasteiger partial charge in [0.1, 0.15) is 0 Å². The van der Waals surface area contributed by atoms with Crippen molar-refractivity contribution in [3.8, 4) is 0 Å². The van der Waals surface area contributed by atoms with Crippen molar-refractivity contribution in [2.75, 3.05) is 0 Å². The van der Waals surface area contributed by atoms with Crippen molar-refractivity contribution in [1.29, 1.82) is 0 Å². The van der Waals surface area contributed by atoms with Crippen LogP contribution in [0.25, 0.3) is 0 Å². The van der Waals surface area contributed by atoms with Crippen LogP contribution >= 0.6 is 45.5 Å². The fourth-order valence-corrected chi connectivity index (χ4v) is 2.97. The van der Waals surface area contributed by atoms with Gasteiger partial charge in [-0.25, -0.2) is 0 Å². The molecule has 0 aliphatic heterocycles. The highest BCUT2D eigenvalue weighted by Gasteiger charge is 2.13. The van der Waals surface area contributed by atoms with Crippen LogP contribution in [-0.4, -0.2) is 0 Å². The van der Waals surface area contributed by atoms with Gasteiger partial charge in [0.2, 0.25) is 0 Å². The van der Waals surface area contributed by atoms with E-state index < -0.39 is 0 Å². The van der Waals surface area contributed by atoms with Gasteiger partial charge in [0, 0.05) is 13.5 Å². The minimum absolute atomic E-state index is 0.0735. The van der Waals surface area contributed by atoms with Gasteiger partial charge in [-0.2, -0.15) is 0 Å². The lowest BCUT2D eigenvalue weighted by molar-refractivity contribution is 0.887. The van der Waals surface area contributed by atoms with Crippen molar-refractivity contribution >= 4 is 45.5 Å². The molecular formula is C11H9ClINS. The van der Waals surface area contributed by atoms with E-state index in [0.29, 0.717) is 0 Å². The Kier molecular flexibility index (Phi) is 3.66. The van der Waals surface area contributed by atoms with Crippen molar-refractivity contribution in [3.63, 3.8) is 0 Å². The van der Waals surface area contributed by atoms with Crippen molar-refractivity contribution in [1.82, 2.24) is 0 Å². The summed E-state index contributed by atoms with van der Waals surface area (Å²) in [7, 11) is 0. The molecule has 0 aliphatic carbocycles. The van der Waals surface area contributed by atoms with Crippen molar-refractivity contribution in [3.05, 3.63) is 54.7 Å². The maximum Gasteiger partial charge on any atom is 0.0656 e. The van der Waals surface area contributed by atoms with Crippen LogP contribution in [0.15, 0.2) is 35.7 Å². The Balaban J connectivity index is 2.41. The molecule has 4 heteroatoms. The van der Waals surface area contributed by atoms with Gasteiger partial charge in [-0.1, -0.05) is 17.7 Å². The van der Waals surface area contributed by atoms with Gasteiger partial charge < -0.3 is 5.73 Å². The molecule has 15 heavy (non-hydrogen) atoms. The molecule has 1 heterocycles. The zero-order valence-corrected chi connectivity index (χ0v) is 11.5. The topological polar surface area (TPSA) is 26.0 Å². The van der Waals surface area contributed by atoms with Crippen molar-refractivity contribution < 1.29 is 0 Å². The van der Waals surface area contributed by atoms with Gasteiger partial charge >= 0.3 is 0 Å². The Labute approximate surface area is 111 Å². The van der Waals surface area contributed by atoms with E-state index in [1.54, 1.807) is 11.3 Å². The molecule has 0 radical (unpaired) electrons. The Morgan fingerprint density at radius 3 is 2.80 bits per heavy atom. The van der Waals surface area contributed by atoms with Crippen LogP contribution in [0.4, 0.5) is 0 Å². The molecule has 0 saturated heterocycles. The molecule has 78 valence electrons. The molecule has 0 aliphatic rings. The Morgan fingerprint density at radius 1 is 1.33 bits per heavy atom. The lowest BCUT2D eigenvalue weighted by atomic mass is 10.1. The third-order valence-corrected chi connectivity index (χ3v) is 4.32. The first-order valence-corrected chi connectivity index (χ1v) is 6.76. The van der Waals surface area contributed by atoms with Crippen LogP contribution in [0.3, 0.4) is 0 Å². The smallest absolute Gasteiger partial charge is 0.0656 e. The second-order valence-electron chi connectivity index (χ2n) is 3.16. The quantitative estimate of drug-likeness (QED) is 0.813. The molecule has 2 N–H and O–H groups in total. The number of thiophene rings is 1. The first kappa shape index (κ1) is 11.4. The molecule has 1 aromatic carbocycles. The molecule has 1 atom stereocenters. The lowest BCUT2D eigenvalue weighted by Crippen LogP contribution is -2.11. The van der Waals surface area contributed by atoms with Crippen LogP contribution in [0.5, 0.6) is 0 Å². The fraction of sp³-hybridized carbons (Fsp3) is 0.0909. The highest BCUT2D eigenvalue weighted by molar-refractivity contribution is 14.1. The molecule has 1 aromatic heterocycles. The first-order chi connectivity index (χ1) is 7.18. The molecule has 0 bridgehead atoms. The minimum atomic E-state index is -0.0735. The average Bonchev–Trinajstić information content (AvgIpc) is 2.74. The number of hydrogen-bond acceptors (Lipinski definition) is 2. The third-order valence-electron chi connectivity index (χ3n) is 2.14. The first-order valence-electron chi connectivity index (χ1n) is 4.42. The van der Waals surface area contributed by atoms with Crippen LogP contribution < -0.4 is 5.73 Å². The van der Waals surface area contributed by atoms with E-state index in [1.807, 2.05) is 35.7 Å². The Hall–Kier alpha value is -0.100. The van der Waals surface area contributed by atoms with Crippen LogP contribution in [0.1, 0.15) is 16.5 Å². The third kappa shape index (κ3) is 2.53. The summed E-state index contributed by atoms with van der Waals surface area (Å²) in [5.41, 5.74) is 7.27. The van der Waals surface area contributed by atoms with Gasteiger partial charge in [0.25, 0.3) is 0 Å². The highest BCUT2D eigenvalue weighted by atomic mass is 127. The molecule has 1 nitrogen and oxygen atoms in total. The molecule has 0 spiro atoms. The average molecular weight is 350 g/mol. The van der Waals surface area contributed by atoms with Gasteiger partial charge in [0.05, 0.1) is 6.04 Å². The maximum atomic E-state index is 6.18. The van der Waals surface area contributed by atoms with E-state index in [0.717, 1.165) is 19.0 Å². The number of benzene rings is 1. The van der Waals surface area contributed by atoms with E-state index in [1.165, 1.54) is 0 Å². The summed E-state index contributed by atoms with van der Waals surface area (Å²) in [6.45, 7) is 0. The number of halogens is 2. The predicted octanol–water partition coefficient (Wildman–Crippen LogP) is 4.05. The SMILES string of the molecule is NC(c1cccs1)c1cc(Cl)ccc1I. The van der Waals surface area contributed by atoms with Crippen molar-refractivity contribution in [2.24, 2.45) is 5.73 Å². The number of rotatable bonds is 2. The largest absolute Gasteiger partial charge is 0.320 e. The summed E-state index contributed by atoms with van der Waals surface area (Å²) in [5, 5.41) is 2.77. The van der Waals surface area contributed by atoms with E-state index in [-0.39, 0.29) is 6.04 Å². The maximum absolute atomic E-state index is 6.18. The minimum Gasteiger partial charge on any atom is -0.320 e. The Morgan fingerprint density at radius 2 is 2.13 bits per heavy atom. The number of nitrogens with two attached hydrogens (primary N) is 1. The molecule has 0 fully saturated rings. The molecule has 1 unspecified atom stereocenters. The van der Waals surface area contributed by atoms with Crippen LogP contribution in [0.2, 0.25) is 5.02 Å². The summed E-state index contributed by atoms with van der Waals surface area (Å²) < 4.78 is 1.15. The summed E-state index contributed by atoms with van der Waals surface area (Å²) in [4.78, 5) is 1.16. The summed E-state index contributed by atoms with van der Waals surface area (Å²) in [5.74, 6) is 0. The normalized spacial score (nSPS) is 12.7. The summed E-state index contributed by atoms with van der Waals surface area (Å²) >= 11 is 9.92. The molecule has 2 aromatic rings. The fourth-order valence-electron chi connectivity index (χ4n) is 1.37. The van der Waals surface area contributed by atoms with Crippen molar-refractivity contribution in [2.45, 2.75) is 6.04 Å². The lowest BCUT2D eigenvalue weighted by Gasteiger charge is -2.12. The second kappa shape index (κ2) is 4.82. The van der Waals surface area contributed by atoms with E-state index in [2.05, 4.69) is 22.6 Å². The summed E-state index contributed by atoms with van der Waals surface area (Å²) in [6.07, 6.45) is 0. The zero-order chi connectivity index (χ0) is 10.8. The van der Waals surface area contributed by atoms with Gasteiger partial charge in [-0.3, -0.25) is 0 Å². The van der Waals surface area contributed by atoms with Gasteiger partial charge in [-0.05, 0) is 57.8 Å². The standard InChI is InChI=1S/C11H9ClINS/c12-7-3-4-9(13)8(6-7)11(14)10-2-1-5-15-10/h1-6,11H,14H2. The zero-order valence-electron chi connectivity index (χ0n) is 7.78. The second-order valence-corrected chi connectivity index (χ2v) is 5.74. The highest BCUT2D eigenvalue weighted by Crippen LogP contribution is 2.29. The van der Waals surface area contributed by atoms with E-state index in [9.17, 15) is 0 Å². The predicted molar refractivity (Wildman–Crippen MR) is 74.5 cm³/mol. The van der Waals surface area contributed by atoms with Gasteiger partial charge in [-0.15, -0.1) is 11.3 Å². The molecule has 0 saturated carbocycles. The monoisotopic (exact) mass is 349 g/mol. The van der Waals surface area contributed by atoms with E-state index in [4.69, 9.17) is 17.3 Å². The van der Waals surface area contributed by atoms with E-state index >= 15 is 0 Å². The Bertz CT molecular complexity index is 456.